The average molecular weight is 238 g/mol. The van der Waals surface area contributed by atoms with Crippen molar-refractivity contribution in [3.8, 4) is 0 Å². The third-order valence-corrected chi connectivity index (χ3v) is 7.53. The van der Waals surface area contributed by atoms with E-state index >= 15 is 0 Å². The lowest BCUT2D eigenvalue weighted by molar-refractivity contribution is -0.0683. The van der Waals surface area contributed by atoms with Crippen LogP contribution in [0.3, 0.4) is 0 Å². The summed E-state index contributed by atoms with van der Waals surface area (Å²) in [5.41, 5.74) is 2.49. The molecule has 2 heterocycles. The Bertz CT molecular complexity index is 263. The third-order valence-electron chi connectivity index (χ3n) is 3.50. The molecule has 3 heteroatoms. The lowest BCUT2D eigenvalue weighted by atomic mass is 10.4. The van der Waals surface area contributed by atoms with E-state index in [9.17, 15) is 0 Å². The molecule has 0 radical (unpaired) electrons. The van der Waals surface area contributed by atoms with Crippen LogP contribution in [0.4, 0.5) is 0 Å². The fourth-order valence-electron chi connectivity index (χ4n) is 2.19. The Hall–Kier alpha value is -0.543. The van der Waals surface area contributed by atoms with E-state index in [1.54, 1.807) is 6.26 Å². The fourth-order valence-corrected chi connectivity index (χ4v) is 4.69. The Morgan fingerprint density at radius 2 is 2.19 bits per heavy atom. The fraction of sp³-hybridized carbons (Fsp3) is 0.692. The smallest absolute Gasteiger partial charge is 0.198 e. The molecule has 2 saturated heterocycles. The van der Waals surface area contributed by atoms with Gasteiger partial charge in [-0.25, -0.2) is 0 Å². The van der Waals surface area contributed by atoms with Crippen LogP contribution < -0.4 is 0 Å². The second kappa shape index (κ2) is 5.69. The van der Waals surface area contributed by atoms with Gasteiger partial charge in [-0.15, -0.1) is 0 Å². The first-order chi connectivity index (χ1) is 7.79. The highest BCUT2D eigenvalue weighted by Gasteiger charge is 2.30. The molecular weight excluding hydrogens is 216 g/mol. The predicted octanol–water partition coefficient (Wildman–Crippen LogP) is 3.62. The molecule has 0 bridgehead atoms. The normalized spacial score (nSPS) is 28.7. The van der Waals surface area contributed by atoms with Crippen molar-refractivity contribution in [1.29, 1.82) is 0 Å². The number of hydrogen-bond acceptors (Lipinski definition) is 2. The van der Waals surface area contributed by atoms with Gasteiger partial charge in [-0.1, -0.05) is 36.8 Å². The van der Waals surface area contributed by atoms with Crippen molar-refractivity contribution < 1.29 is 9.47 Å². The van der Waals surface area contributed by atoms with Crippen LogP contribution in [0.2, 0.25) is 18.6 Å². The zero-order valence-corrected chi connectivity index (χ0v) is 11.2. The maximum atomic E-state index is 5.45. The van der Waals surface area contributed by atoms with Crippen LogP contribution in [0.25, 0.3) is 0 Å². The van der Waals surface area contributed by atoms with Crippen LogP contribution in [0.15, 0.2) is 24.1 Å². The van der Waals surface area contributed by atoms with Gasteiger partial charge in [0.15, 0.2) is 6.29 Å². The first kappa shape index (κ1) is 11.9. The molecule has 0 aromatic heterocycles. The monoisotopic (exact) mass is 238 g/mol. The maximum absolute atomic E-state index is 5.45. The summed E-state index contributed by atoms with van der Waals surface area (Å²) in [5.74, 6) is 0. The molecule has 0 aromatic rings. The largest absolute Gasteiger partial charge is 0.473 e. The second-order valence-corrected chi connectivity index (χ2v) is 9.74. The number of allylic oxidation sites excluding steroid dienone is 2. The molecule has 1 atom stereocenters. The third kappa shape index (κ3) is 3.49. The molecule has 0 aliphatic carbocycles. The number of ether oxygens (including phenoxy) is 2. The SMILES string of the molecule is C[Si]1(/C=C/C/C=C/OC2CCCO2)CCC1. The molecule has 90 valence electrons. The quantitative estimate of drug-likeness (QED) is 0.538. The Morgan fingerprint density at radius 1 is 1.31 bits per heavy atom. The van der Waals surface area contributed by atoms with Gasteiger partial charge in [0.25, 0.3) is 0 Å². The highest BCUT2D eigenvalue weighted by Crippen LogP contribution is 2.32. The average Bonchev–Trinajstić information content (AvgIpc) is 2.73. The molecule has 1 unspecified atom stereocenters. The van der Waals surface area contributed by atoms with Gasteiger partial charge in [-0.2, -0.15) is 0 Å². The maximum Gasteiger partial charge on any atom is 0.198 e. The molecule has 0 aromatic carbocycles. The standard InChI is InChI=1S/C13H22O2Si/c1-16(11-6-12-16)10-4-2-3-8-14-13-7-5-9-15-13/h3-4,8,10,13H,2,5-7,9,11-12H2,1H3/b8-3+,10-4+. The number of rotatable bonds is 5. The summed E-state index contributed by atoms with van der Waals surface area (Å²) in [6, 6.07) is 2.97. The summed E-state index contributed by atoms with van der Waals surface area (Å²) in [6.07, 6.45) is 10.8. The zero-order chi connectivity index (χ0) is 11.3. The van der Waals surface area contributed by atoms with Crippen molar-refractivity contribution in [3.05, 3.63) is 24.1 Å². The lowest BCUT2D eigenvalue weighted by Gasteiger charge is -2.32. The van der Waals surface area contributed by atoms with Crippen molar-refractivity contribution >= 4 is 8.07 Å². The van der Waals surface area contributed by atoms with Gasteiger partial charge in [-0.05, 0) is 18.9 Å². The summed E-state index contributed by atoms with van der Waals surface area (Å²) in [5, 5.41) is 0. The van der Waals surface area contributed by atoms with Gasteiger partial charge in [-0.3, -0.25) is 0 Å². The van der Waals surface area contributed by atoms with Crippen molar-refractivity contribution in [1.82, 2.24) is 0 Å². The van der Waals surface area contributed by atoms with E-state index in [2.05, 4.69) is 24.4 Å². The molecule has 2 aliphatic heterocycles. The highest BCUT2D eigenvalue weighted by atomic mass is 28.3. The topological polar surface area (TPSA) is 18.5 Å². The summed E-state index contributed by atoms with van der Waals surface area (Å²) >= 11 is 0. The molecular formula is C13H22O2Si. The molecule has 2 aliphatic rings. The Morgan fingerprint density at radius 3 is 2.81 bits per heavy atom. The number of hydrogen-bond donors (Lipinski definition) is 0. The van der Waals surface area contributed by atoms with E-state index < -0.39 is 8.07 Å². The molecule has 2 fully saturated rings. The van der Waals surface area contributed by atoms with Crippen LogP contribution in [0.5, 0.6) is 0 Å². The van der Waals surface area contributed by atoms with Crippen molar-refractivity contribution in [3.63, 3.8) is 0 Å². The lowest BCUT2D eigenvalue weighted by Crippen LogP contribution is -2.35. The van der Waals surface area contributed by atoms with Gasteiger partial charge in [0.2, 0.25) is 0 Å². The summed E-state index contributed by atoms with van der Waals surface area (Å²) in [6.45, 7) is 3.32. The zero-order valence-electron chi connectivity index (χ0n) is 10.2. The molecule has 16 heavy (non-hydrogen) atoms. The molecule has 0 amide bonds. The molecule has 0 N–H and O–H groups in total. The van der Waals surface area contributed by atoms with E-state index in [-0.39, 0.29) is 6.29 Å². The summed E-state index contributed by atoms with van der Waals surface area (Å²) < 4.78 is 10.8. The summed E-state index contributed by atoms with van der Waals surface area (Å²) in [7, 11) is -0.862. The second-order valence-electron chi connectivity index (χ2n) is 5.10. The van der Waals surface area contributed by atoms with E-state index in [0.717, 1.165) is 25.9 Å². The van der Waals surface area contributed by atoms with E-state index in [1.807, 2.05) is 0 Å². The van der Waals surface area contributed by atoms with E-state index in [0.29, 0.717) is 0 Å². The Balaban J connectivity index is 1.58. The van der Waals surface area contributed by atoms with Crippen LogP contribution in [-0.4, -0.2) is 21.0 Å². The minimum Gasteiger partial charge on any atom is -0.473 e. The van der Waals surface area contributed by atoms with Gasteiger partial charge >= 0.3 is 0 Å². The Labute approximate surface area is 99.3 Å². The summed E-state index contributed by atoms with van der Waals surface area (Å²) in [4.78, 5) is 0. The Kier molecular flexibility index (Phi) is 4.24. The van der Waals surface area contributed by atoms with Crippen molar-refractivity contribution in [2.75, 3.05) is 6.61 Å². The van der Waals surface area contributed by atoms with Gasteiger partial charge in [0.05, 0.1) is 20.9 Å². The van der Waals surface area contributed by atoms with E-state index in [1.165, 1.54) is 18.5 Å². The van der Waals surface area contributed by atoms with Crippen LogP contribution in [0, 0.1) is 0 Å². The molecule has 2 rings (SSSR count). The van der Waals surface area contributed by atoms with Crippen LogP contribution >= 0.6 is 0 Å². The molecule has 2 nitrogen and oxygen atoms in total. The minimum absolute atomic E-state index is 0.0127. The predicted molar refractivity (Wildman–Crippen MR) is 68.8 cm³/mol. The highest BCUT2D eigenvalue weighted by molar-refractivity contribution is 6.85. The van der Waals surface area contributed by atoms with Crippen molar-refractivity contribution in [2.24, 2.45) is 0 Å². The van der Waals surface area contributed by atoms with Crippen LogP contribution in [0.1, 0.15) is 25.7 Å². The van der Waals surface area contributed by atoms with Gasteiger partial charge in [0.1, 0.15) is 0 Å². The first-order valence-corrected chi connectivity index (χ1v) is 9.37. The van der Waals surface area contributed by atoms with E-state index in [4.69, 9.17) is 9.47 Å². The minimum atomic E-state index is -0.862. The molecule has 0 saturated carbocycles. The van der Waals surface area contributed by atoms with Gasteiger partial charge in [0, 0.05) is 6.42 Å². The van der Waals surface area contributed by atoms with Crippen LogP contribution in [-0.2, 0) is 9.47 Å². The van der Waals surface area contributed by atoms with Gasteiger partial charge < -0.3 is 9.47 Å². The first-order valence-electron chi connectivity index (χ1n) is 6.38. The molecule has 0 spiro atoms. The van der Waals surface area contributed by atoms with Crippen molar-refractivity contribution in [2.45, 2.75) is 50.6 Å².